The van der Waals surface area contributed by atoms with E-state index in [1.807, 2.05) is 30.3 Å². The molecule has 5 nitrogen and oxygen atoms in total. The third kappa shape index (κ3) is 4.43. The number of carbonyl (C=O) groups is 1. The van der Waals surface area contributed by atoms with Gasteiger partial charge in [-0.15, -0.1) is 0 Å². The lowest BCUT2D eigenvalue weighted by molar-refractivity contribution is -0.123. The van der Waals surface area contributed by atoms with E-state index in [-0.39, 0.29) is 12.5 Å². The molecule has 1 heterocycles. The molecule has 134 valence electrons. The van der Waals surface area contributed by atoms with Crippen molar-refractivity contribution in [1.29, 1.82) is 0 Å². The molecule has 1 N–H and O–H groups in total. The predicted molar refractivity (Wildman–Crippen MR) is 101 cm³/mol. The summed E-state index contributed by atoms with van der Waals surface area (Å²) in [5.41, 5.74) is 1.85. The Bertz CT molecular complexity index is 982. The van der Waals surface area contributed by atoms with Gasteiger partial charge in [0.25, 0.3) is 5.91 Å². The maximum absolute atomic E-state index is 11.9. The van der Waals surface area contributed by atoms with Crippen LogP contribution in [-0.4, -0.2) is 19.1 Å². The number of amides is 1. The van der Waals surface area contributed by atoms with Crippen LogP contribution < -0.4 is 15.7 Å². The van der Waals surface area contributed by atoms with Crippen LogP contribution >= 0.6 is 11.6 Å². The van der Waals surface area contributed by atoms with E-state index in [2.05, 4.69) is 5.32 Å². The van der Waals surface area contributed by atoms with E-state index in [1.54, 1.807) is 13.0 Å². The molecular weight excluding hydrogens is 354 g/mol. The minimum atomic E-state index is -0.443. The molecule has 0 aliphatic heterocycles. The third-order valence-electron chi connectivity index (χ3n) is 3.94. The van der Waals surface area contributed by atoms with E-state index < -0.39 is 5.63 Å². The Labute approximate surface area is 155 Å². The molecule has 0 saturated heterocycles. The highest BCUT2D eigenvalue weighted by atomic mass is 35.5. The zero-order valence-corrected chi connectivity index (χ0v) is 15.0. The van der Waals surface area contributed by atoms with Gasteiger partial charge < -0.3 is 14.5 Å². The predicted octanol–water partition coefficient (Wildman–Crippen LogP) is 3.49. The number of halogens is 1. The fourth-order valence-corrected chi connectivity index (χ4v) is 2.83. The number of aryl methyl sites for hydroxylation is 1. The quantitative estimate of drug-likeness (QED) is 0.673. The molecule has 0 bridgehead atoms. The van der Waals surface area contributed by atoms with Gasteiger partial charge in [0.1, 0.15) is 11.3 Å². The van der Waals surface area contributed by atoms with Gasteiger partial charge in [-0.25, -0.2) is 4.79 Å². The average Bonchev–Trinajstić information content (AvgIpc) is 2.61. The lowest BCUT2D eigenvalue weighted by Crippen LogP contribution is -2.30. The fourth-order valence-electron chi connectivity index (χ4n) is 2.62. The Morgan fingerprint density at radius 2 is 1.96 bits per heavy atom. The molecule has 0 unspecified atom stereocenters. The highest BCUT2D eigenvalue weighted by Gasteiger charge is 2.11. The lowest BCUT2D eigenvalue weighted by Gasteiger charge is -2.10. The van der Waals surface area contributed by atoms with Gasteiger partial charge in [-0.3, -0.25) is 4.79 Å². The lowest BCUT2D eigenvalue weighted by atomic mass is 10.1. The summed E-state index contributed by atoms with van der Waals surface area (Å²) in [6, 6.07) is 14.5. The van der Waals surface area contributed by atoms with Crippen molar-refractivity contribution in [2.75, 3.05) is 13.2 Å². The molecule has 0 spiro atoms. The number of fused-ring (bicyclic) bond motifs is 1. The zero-order valence-electron chi connectivity index (χ0n) is 14.3. The second-order valence-electron chi connectivity index (χ2n) is 5.90. The Morgan fingerprint density at radius 1 is 1.19 bits per heavy atom. The van der Waals surface area contributed by atoms with Gasteiger partial charge in [0.05, 0.1) is 5.02 Å². The van der Waals surface area contributed by atoms with Crippen molar-refractivity contribution >= 4 is 28.5 Å². The van der Waals surface area contributed by atoms with Crippen LogP contribution in [0.3, 0.4) is 0 Å². The normalized spacial score (nSPS) is 10.7. The van der Waals surface area contributed by atoms with Gasteiger partial charge in [-0.05, 0) is 30.5 Å². The molecule has 0 fully saturated rings. The first-order chi connectivity index (χ1) is 12.5. The van der Waals surface area contributed by atoms with E-state index in [0.717, 1.165) is 22.9 Å². The maximum atomic E-state index is 11.9. The van der Waals surface area contributed by atoms with E-state index in [4.69, 9.17) is 20.8 Å². The van der Waals surface area contributed by atoms with Crippen LogP contribution in [0.2, 0.25) is 5.02 Å². The number of hydrogen-bond donors (Lipinski definition) is 1. The summed E-state index contributed by atoms with van der Waals surface area (Å²) in [6.07, 6.45) is 0.744. The Kier molecular flexibility index (Phi) is 5.58. The van der Waals surface area contributed by atoms with Gasteiger partial charge in [-0.1, -0.05) is 41.9 Å². The highest BCUT2D eigenvalue weighted by molar-refractivity contribution is 6.32. The summed E-state index contributed by atoms with van der Waals surface area (Å²) in [5.74, 6) is 0.0499. The Balaban J connectivity index is 1.59. The largest absolute Gasteiger partial charge is 0.482 e. The van der Waals surface area contributed by atoms with Crippen LogP contribution in [0.5, 0.6) is 5.75 Å². The van der Waals surface area contributed by atoms with Crippen LogP contribution in [0.15, 0.2) is 57.7 Å². The van der Waals surface area contributed by atoms with E-state index >= 15 is 0 Å². The minimum absolute atomic E-state index is 0.171. The number of carbonyl (C=O) groups excluding carboxylic acids is 1. The number of nitrogens with one attached hydrogen (secondary N) is 1. The van der Waals surface area contributed by atoms with Gasteiger partial charge in [0, 0.05) is 24.1 Å². The molecule has 26 heavy (non-hydrogen) atoms. The first-order valence-corrected chi connectivity index (χ1v) is 8.58. The smallest absolute Gasteiger partial charge is 0.336 e. The van der Waals surface area contributed by atoms with Gasteiger partial charge in [-0.2, -0.15) is 0 Å². The number of benzene rings is 2. The van der Waals surface area contributed by atoms with Crippen molar-refractivity contribution < 1.29 is 13.9 Å². The molecule has 2 aromatic carbocycles. The molecule has 3 aromatic rings. The first kappa shape index (κ1) is 18.0. The Hall–Kier alpha value is -2.79. The van der Waals surface area contributed by atoms with Crippen LogP contribution in [0, 0.1) is 6.92 Å². The second-order valence-corrected chi connectivity index (χ2v) is 6.31. The van der Waals surface area contributed by atoms with Crippen LogP contribution in [0.1, 0.15) is 11.1 Å². The zero-order chi connectivity index (χ0) is 18.5. The van der Waals surface area contributed by atoms with Crippen LogP contribution in [0.25, 0.3) is 11.0 Å². The van der Waals surface area contributed by atoms with Crippen molar-refractivity contribution in [3.63, 3.8) is 0 Å². The van der Waals surface area contributed by atoms with E-state index in [9.17, 15) is 9.59 Å². The van der Waals surface area contributed by atoms with Crippen molar-refractivity contribution in [2.24, 2.45) is 0 Å². The van der Waals surface area contributed by atoms with Crippen molar-refractivity contribution in [2.45, 2.75) is 13.3 Å². The Morgan fingerprint density at radius 3 is 2.73 bits per heavy atom. The summed E-state index contributed by atoms with van der Waals surface area (Å²) >= 11 is 6.21. The van der Waals surface area contributed by atoms with Gasteiger partial charge in [0.2, 0.25) is 0 Å². The van der Waals surface area contributed by atoms with Crippen molar-refractivity contribution in [1.82, 2.24) is 5.32 Å². The summed E-state index contributed by atoms with van der Waals surface area (Å²) in [5, 5.41) is 3.88. The molecule has 1 amide bonds. The van der Waals surface area contributed by atoms with Gasteiger partial charge in [0.15, 0.2) is 6.61 Å². The third-order valence-corrected chi connectivity index (χ3v) is 4.24. The molecule has 0 radical (unpaired) electrons. The number of ether oxygens (including phenoxy) is 1. The highest BCUT2D eigenvalue weighted by Crippen LogP contribution is 2.30. The molecule has 0 aliphatic rings. The average molecular weight is 372 g/mol. The van der Waals surface area contributed by atoms with Crippen molar-refractivity contribution in [3.05, 3.63) is 75.1 Å². The standard InChI is InChI=1S/C20H18ClNO4/c1-13-9-20(24)26-17-11-18(16(21)10-15(13)17)25-12-19(23)22-8-7-14-5-3-2-4-6-14/h2-6,9-11H,7-8,12H2,1H3,(H,22,23). The first-order valence-electron chi connectivity index (χ1n) is 8.20. The van der Waals surface area contributed by atoms with Crippen molar-refractivity contribution in [3.8, 4) is 5.75 Å². The second kappa shape index (κ2) is 8.06. The minimum Gasteiger partial charge on any atom is -0.482 e. The van der Waals surface area contributed by atoms with E-state index in [0.29, 0.717) is 22.9 Å². The van der Waals surface area contributed by atoms with Gasteiger partial charge >= 0.3 is 5.63 Å². The summed E-state index contributed by atoms with van der Waals surface area (Å²) in [7, 11) is 0. The maximum Gasteiger partial charge on any atom is 0.336 e. The number of hydrogen-bond acceptors (Lipinski definition) is 4. The monoisotopic (exact) mass is 371 g/mol. The van der Waals surface area contributed by atoms with Crippen LogP contribution in [0.4, 0.5) is 0 Å². The number of rotatable bonds is 6. The molecule has 0 aliphatic carbocycles. The summed E-state index contributed by atoms with van der Waals surface area (Å²) in [4.78, 5) is 23.4. The molecule has 0 atom stereocenters. The molecule has 0 saturated carbocycles. The molecule has 1 aromatic heterocycles. The van der Waals surface area contributed by atoms with Crippen LogP contribution in [-0.2, 0) is 11.2 Å². The summed E-state index contributed by atoms with van der Waals surface area (Å²) in [6.45, 7) is 2.15. The topological polar surface area (TPSA) is 68.5 Å². The fraction of sp³-hybridized carbons (Fsp3) is 0.200. The SMILES string of the molecule is Cc1cc(=O)oc2cc(OCC(=O)NCCc3ccccc3)c(Cl)cc12. The molecule has 3 rings (SSSR count). The molecule has 6 heteroatoms. The van der Waals surface area contributed by atoms with E-state index in [1.165, 1.54) is 12.1 Å². The molecular formula is C20H18ClNO4. The summed E-state index contributed by atoms with van der Waals surface area (Å²) < 4.78 is 10.6.